The van der Waals surface area contributed by atoms with E-state index in [9.17, 15) is 14.5 Å². The van der Waals surface area contributed by atoms with Crippen LogP contribution in [0.25, 0.3) is 10.6 Å². The number of hydrogen-bond acceptors (Lipinski definition) is 6. The summed E-state index contributed by atoms with van der Waals surface area (Å²) in [6.45, 7) is 1.92. The number of nitrogens with zero attached hydrogens (tertiary/aromatic N) is 3. The molecule has 1 unspecified atom stereocenters. The Bertz CT molecular complexity index is 616. The van der Waals surface area contributed by atoms with Gasteiger partial charge in [0.25, 0.3) is 5.69 Å². The van der Waals surface area contributed by atoms with Crippen molar-refractivity contribution in [3.8, 4) is 10.6 Å². The maximum absolute atomic E-state index is 13.3. The van der Waals surface area contributed by atoms with Crippen molar-refractivity contribution in [2.45, 2.75) is 13.0 Å². The summed E-state index contributed by atoms with van der Waals surface area (Å²) in [7, 11) is 1.79. The molecule has 0 bridgehead atoms. The Morgan fingerprint density at radius 2 is 2.16 bits per heavy atom. The lowest BCUT2D eigenvalue weighted by Crippen LogP contribution is -2.11. The van der Waals surface area contributed by atoms with E-state index in [4.69, 9.17) is 0 Å². The molecule has 0 saturated heterocycles. The molecule has 1 aromatic carbocycles. The number of hydrogen-bond donors (Lipinski definition) is 1. The predicted molar refractivity (Wildman–Crippen MR) is 69.4 cm³/mol. The van der Waals surface area contributed by atoms with E-state index < -0.39 is 10.7 Å². The molecular weight excluding hydrogens is 271 g/mol. The molecule has 0 amide bonds. The van der Waals surface area contributed by atoms with E-state index >= 15 is 0 Å². The van der Waals surface area contributed by atoms with Crippen LogP contribution in [0.1, 0.15) is 18.0 Å². The number of halogens is 1. The fourth-order valence-corrected chi connectivity index (χ4v) is 2.34. The summed E-state index contributed by atoms with van der Waals surface area (Å²) in [5.74, 6) is -0.664. The molecule has 0 spiro atoms. The highest BCUT2D eigenvalue weighted by Crippen LogP contribution is 2.29. The third-order valence-electron chi connectivity index (χ3n) is 2.58. The van der Waals surface area contributed by atoms with Gasteiger partial charge in [0, 0.05) is 11.6 Å². The van der Waals surface area contributed by atoms with Crippen molar-refractivity contribution >= 4 is 17.0 Å². The first-order valence-electron chi connectivity index (χ1n) is 5.47. The van der Waals surface area contributed by atoms with Crippen LogP contribution in [0.15, 0.2) is 18.2 Å². The fourth-order valence-electron chi connectivity index (χ4n) is 1.45. The van der Waals surface area contributed by atoms with Gasteiger partial charge >= 0.3 is 0 Å². The molecule has 0 fully saturated rings. The Hall–Kier alpha value is -1.93. The van der Waals surface area contributed by atoms with Gasteiger partial charge in [-0.25, -0.2) is 4.39 Å². The summed E-state index contributed by atoms with van der Waals surface area (Å²) in [4.78, 5) is 10.1. The van der Waals surface area contributed by atoms with Gasteiger partial charge in [-0.1, -0.05) is 11.3 Å². The van der Waals surface area contributed by atoms with Crippen LogP contribution in [0.3, 0.4) is 0 Å². The van der Waals surface area contributed by atoms with Gasteiger partial charge in [0.2, 0.25) is 0 Å². The Balaban J connectivity index is 2.41. The van der Waals surface area contributed by atoms with Gasteiger partial charge in [0.1, 0.15) is 15.8 Å². The normalized spacial score (nSPS) is 12.4. The smallest absolute Gasteiger partial charge is 0.273 e. The van der Waals surface area contributed by atoms with Crippen LogP contribution in [0.5, 0.6) is 0 Å². The monoisotopic (exact) mass is 282 g/mol. The fraction of sp³-hybridized carbons (Fsp3) is 0.273. The number of nitro benzene ring substituents is 1. The Kier molecular flexibility index (Phi) is 3.82. The first-order valence-corrected chi connectivity index (χ1v) is 6.29. The van der Waals surface area contributed by atoms with E-state index in [-0.39, 0.29) is 11.7 Å². The summed E-state index contributed by atoms with van der Waals surface area (Å²) >= 11 is 1.27. The van der Waals surface area contributed by atoms with Crippen LogP contribution in [-0.2, 0) is 0 Å². The maximum Gasteiger partial charge on any atom is 0.273 e. The van der Waals surface area contributed by atoms with Crippen molar-refractivity contribution in [2.24, 2.45) is 0 Å². The molecule has 8 heteroatoms. The van der Waals surface area contributed by atoms with E-state index in [1.807, 2.05) is 6.92 Å². The topological polar surface area (TPSA) is 81.0 Å². The third-order valence-corrected chi connectivity index (χ3v) is 3.74. The van der Waals surface area contributed by atoms with Gasteiger partial charge < -0.3 is 5.32 Å². The minimum Gasteiger partial charge on any atom is -0.311 e. The van der Waals surface area contributed by atoms with E-state index in [1.54, 1.807) is 7.05 Å². The van der Waals surface area contributed by atoms with Crippen LogP contribution in [-0.4, -0.2) is 22.2 Å². The number of aromatic nitrogens is 2. The second-order valence-corrected chi connectivity index (χ2v) is 4.92. The molecule has 0 aliphatic carbocycles. The van der Waals surface area contributed by atoms with Gasteiger partial charge in [0.15, 0.2) is 0 Å². The summed E-state index contributed by atoms with van der Waals surface area (Å²) < 4.78 is 13.3. The van der Waals surface area contributed by atoms with E-state index in [0.29, 0.717) is 10.6 Å². The van der Waals surface area contributed by atoms with Gasteiger partial charge in [-0.2, -0.15) is 0 Å². The molecule has 1 atom stereocenters. The lowest BCUT2D eigenvalue weighted by molar-refractivity contribution is -0.385. The highest BCUT2D eigenvalue weighted by molar-refractivity contribution is 7.14. The number of nitro groups is 1. The minimum absolute atomic E-state index is 0.0230. The van der Waals surface area contributed by atoms with Crippen LogP contribution >= 0.6 is 11.3 Å². The quantitative estimate of drug-likeness (QED) is 0.688. The van der Waals surface area contributed by atoms with Crippen molar-refractivity contribution in [2.75, 3.05) is 7.05 Å². The molecule has 1 N–H and O–H groups in total. The summed E-state index contributed by atoms with van der Waals surface area (Å²) in [6, 6.07) is 3.40. The molecule has 2 aromatic rings. The van der Waals surface area contributed by atoms with Crippen LogP contribution in [0.4, 0.5) is 10.1 Å². The first kappa shape index (κ1) is 13.5. The molecule has 0 saturated carbocycles. The molecule has 0 aliphatic heterocycles. The standard InChI is InChI=1S/C11H11FN4O2S/c1-6(13-2)10-14-15-11(19-10)7-3-8(12)5-9(4-7)16(17)18/h3-6,13H,1-2H3. The zero-order valence-corrected chi connectivity index (χ0v) is 11.1. The number of non-ortho nitro benzene ring substituents is 1. The van der Waals surface area contributed by atoms with Crippen molar-refractivity contribution in [1.29, 1.82) is 0 Å². The molecule has 6 nitrogen and oxygen atoms in total. The highest BCUT2D eigenvalue weighted by atomic mass is 32.1. The lowest BCUT2D eigenvalue weighted by Gasteiger charge is -2.02. The Morgan fingerprint density at radius 1 is 1.42 bits per heavy atom. The minimum atomic E-state index is -0.664. The zero-order valence-electron chi connectivity index (χ0n) is 10.3. The second-order valence-electron chi connectivity index (χ2n) is 3.91. The molecule has 1 aromatic heterocycles. The van der Waals surface area contributed by atoms with Crippen molar-refractivity contribution in [3.63, 3.8) is 0 Å². The largest absolute Gasteiger partial charge is 0.311 e. The van der Waals surface area contributed by atoms with Gasteiger partial charge in [-0.15, -0.1) is 10.2 Å². The van der Waals surface area contributed by atoms with Crippen LogP contribution < -0.4 is 5.32 Å². The molecule has 19 heavy (non-hydrogen) atoms. The number of rotatable bonds is 4. The highest BCUT2D eigenvalue weighted by Gasteiger charge is 2.15. The van der Waals surface area contributed by atoms with Crippen LogP contribution in [0, 0.1) is 15.9 Å². The molecular formula is C11H11FN4O2S. The van der Waals surface area contributed by atoms with Crippen molar-refractivity contribution in [3.05, 3.63) is 39.1 Å². The van der Waals surface area contributed by atoms with Gasteiger partial charge in [0.05, 0.1) is 17.0 Å². The summed E-state index contributed by atoms with van der Waals surface area (Å²) in [5.41, 5.74) is 0.0622. The molecule has 2 rings (SSSR count). The lowest BCUT2D eigenvalue weighted by atomic mass is 10.2. The Labute approximate surface area is 112 Å². The summed E-state index contributed by atoms with van der Waals surface area (Å²) in [5, 5.41) is 22.8. The Morgan fingerprint density at radius 3 is 2.79 bits per heavy atom. The SMILES string of the molecule is CNC(C)c1nnc(-c2cc(F)cc([N+](=O)[O-])c2)s1. The molecule has 100 valence electrons. The number of benzene rings is 1. The van der Waals surface area contributed by atoms with Crippen molar-refractivity contribution in [1.82, 2.24) is 15.5 Å². The molecule has 0 radical (unpaired) electrons. The third kappa shape index (κ3) is 2.91. The summed E-state index contributed by atoms with van der Waals surface area (Å²) in [6.07, 6.45) is 0. The van der Waals surface area contributed by atoms with E-state index in [1.165, 1.54) is 23.5 Å². The van der Waals surface area contributed by atoms with Gasteiger partial charge in [-0.05, 0) is 20.0 Å². The molecule has 0 aliphatic rings. The van der Waals surface area contributed by atoms with E-state index in [2.05, 4.69) is 15.5 Å². The zero-order chi connectivity index (χ0) is 14.0. The second kappa shape index (κ2) is 5.37. The molecule has 1 heterocycles. The van der Waals surface area contributed by atoms with Crippen LogP contribution in [0.2, 0.25) is 0 Å². The predicted octanol–water partition coefficient (Wildman–Crippen LogP) is 2.53. The van der Waals surface area contributed by atoms with Crippen molar-refractivity contribution < 1.29 is 9.31 Å². The number of nitrogens with one attached hydrogen (secondary N) is 1. The average Bonchev–Trinajstić information content (AvgIpc) is 2.86. The van der Waals surface area contributed by atoms with Gasteiger partial charge in [-0.3, -0.25) is 10.1 Å². The average molecular weight is 282 g/mol. The maximum atomic E-state index is 13.3. The first-order chi connectivity index (χ1) is 9.01. The van der Waals surface area contributed by atoms with E-state index in [0.717, 1.165) is 11.1 Å².